The van der Waals surface area contributed by atoms with Crippen LogP contribution >= 0.6 is 11.3 Å². The molecule has 1 amide bonds. The number of amides is 1. The number of carbonyl (C=O) groups is 1. The molecule has 0 radical (unpaired) electrons. The quantitative estimate of drug-likeness (QED) is 0.849. The Bertz CT molecular complexity index is 839. The van der Waals surface area contributed by atoms with Gasteiger partial charge in [-0.2, -0.15) is 0 Å². The van der Waals surface area contributed by atoms with E-state index < -0.39 is 5.60 Å². The molecule has 1 aromatic carbocycles. The summed E-state index contributed by atoms with van der Waals surface area (Å²) >= 11 is 1.37. The maximum absolute atomic E-state index is 14.1. The van der Waals surface area contributed by atoms with Crippen LogP contribution in [0.5, 0.6) is 0 Å². The van der Waals surface area contributed by atoms with E-state index in [-0.39, 0.29) is 17.8 Å². The molecule has 2 fully saturated rings. The molecule has 1 spiro atoms. The fourth-order valence-electron chi connectivity index (χ4n) is 4.40. The van der Waals surface area contributed by atoms with E-state index in [0.29, 0.717) is 30.1 Å². The van der Waals surface area contributed by atoms with E-state index in [1.807, 2.05) is 19.1 Å². The molecule has 7 heteroatoms. The number of rotatable bonds is 4. The first-order valence-electron chi connectivity index (χ1n) is 9.88. The summed E-state index contributed by atoms with van der Waals surface area (Å²) in [5.74, 6) is -0.238. The topological polar surface area (TPSA) is 54.5 Å². The van der Waals surface area contributed by atoms with Gasteiger partial charge in [0, 0.05) is 25.2 Å². The Labute approximate surface area is 168 Å². The van der Waals surface area contributed by atoms with Crippen LogP contribution in [0, 0.1) is 12.7 Å². The number of benzene rings is 1. The number of aryl methyl sites for hydroxylation is 1. The van der Waals surface area contributed by atoms with Crippen molar-refractivity contribution in [3.63, 3.8) is 0 Å². The number of hydrogen-bond donors (Lipinski definition) is 1. The van der Waals surface area contributed by atoms with Gasteiger partial charge in [-0.05, 0) is 25.8 Å². The molecular formula is C21H26FN3O2S. The van der Waals surface area contributed by atoms with E-state index >= 15 is 0 Å². The van der Waals surface area contributed by atoms with E-state index in [9.17, 15) is 9.18 Å². The number of thiazole rings is 1. The van der Waals surface area contributed by atoms with Gasteiger partial charge in [0.1, 0.15) is 16.3 Å². The Morgan fingerprint density at radius 3 is 3.07 bits per heavy atom. The van der Waals surface area contributed by atoms with E-state index in [2.05, 4.69) is 15.2 Å². The Morgan fingerprint density at radius 1 is 1.43 bits per heavy atom. The normalized spacial score (nSPS) is 25.7. The average molecular weight is 404 g/mol. The minimum atomic E-state index is -0.407. The predicted octanol–water partition coefficient (Wildman–Crippen LogP) is 3.53. The Morgan fingerprint density at radius 2 is 2.29 bits per heavy atom. The smallest absolute Gasteiger partial charge is 0.263 e. The molecule has 2 atom stereocenters. The summed E-state index contributed by atoms with van der Waals surface area (Å²) in [6.45, 7) is 4.49. The van der Waals surface area contributed by atoms with Gasteiger partial charge in [-0.15, -0.1) is 11.3 Å². The standard InChI is InChI=1S/C21H26FN3O2S/c1-15-19(28-14-23-15)20(26)24-18-8-4-5-9-21(18)13-25(10-11-27-21)12-16-6-2-3-7-17(16)22/h2-3,6-7,14,18H,4-5,8-13H2,1H3,(H,24,26)/t18-,21+/m1/s1. The molecule has 0 unspecified atom stereocenters. The van der Waals surface area contributed by atoms with Crippen molar-refractivity contribution in [3.05, 3.63) is 51.7 Å². The van der Waals surface area contributed by atoms with Gasteiger partial charge >= 0.3 is 0 Å². The lowest BCUT2D eigenvalue weighted by atomic mass is 9.78. The fourth-order valence-corrected chi connectivity index (χ4v) is 5.11. The van der Waals surface area contributed by atoms with Crippen molar-refractivity contribution >= 4 is 17.2 Å². The van der Waals surface area contributed by atoms with Gasteiger partial charge in [0.05, 0.1) is 23.9 Å². The van der Waals surface area contributed by atoms with Gasteiger partial charge in [0.25, 0.3) is 5.91 Å². The van der Waals surface area contributed by atoms with Gasteiger partial charge in [0.2, 0.25) is 0 Å². The first-order chi connectivity index (χ1) is 13.6. The molecule has 2 heterocycles. The lowest BCUT2D eigenvalue weighted by Gasteiger charge is -2.49. The summed E-state index contributed by atoms with van der Waals surface area (Å²) < 4.78 is 20.4. The Kier molecular flexibility index (Phi) is 5.75. The van der Waals surface area contributed by atoms with Crippen molar-refractivity contribution in [1.29, 1.82) is 0 Å². The molecule has 28 heavy (non-hydrogen) atoms. The second-order valence-electron chi connectivity index (χ2n) is 7.75. The molecule has 0 bridgehead atoms. The maximum atomic E-state index is 14.1. The molecular weight excluding hydrogens is 377 g/mol. The van der Waals surface area contributed by atoms with Crippen molar-refractivity contribution in [2.45, 2.75) is 50.8 Å². The number of hydrogen-bond acceptors (Lipinski definition) is 5. The lowest BCUT2D eigenvalue weighted by molar-refractivity contribution is -0.143. The summed E-state index contributed by atoms with van der Waals surface area (Å²) in [6, 6.07) is 6.89. The summed E-state index contributed by atoms with van der Waals surface area (Å²) in [5.41, 5.74) is 2.76. The van der Waals surface area contributed by atoms with Crippen LogP contribution in [0.15, 0.2) is 29.8 Å². The number of morpholine rings is 1. The molecule has 2 aromatic rings. The van der Waals surface area contributed by atoms with Crippen LogP contribution in [0.3, 0.4) is 0 Å². The predicted molar refractivity (Wildman–Crippen MR) is 107 cm³/mol. The third-order valence-corrected chi connectivity index (χ3v) is 6.80. The molecule has 150 valence electrons. The van der Waals surface area contributed by atoms with Crippen LogP contribution in [0.4, 0.5) is 4.39 Å². The van der Waals surface area contributed by atoms with Crippen molar-refractivity contribution in [2.24, 2.45) is 0 Å². The van der Waals surface area contributed by atoms with Crippen LogP contribution < -0.4 is 5.32 Å². The summed E-state index contributed by atoms with van der Waals surface area (Å²) in [7, 11) is 0. The molecule has 2 aliphatic rings. The van der Waals surface area contributed by atoms with Gasteiger partial charge in [-0.3, -0.25) is 9.69 Å². The molecule has 1 aliphatic carbocycles. The SMILES string of the molecule is Cc1ncsc1C(=O)N[C@@H]1CCCC[C@]12CN(Cc1ccccc1F)CCO2. The highest BCUT2D eigenvalue weighted by Gasteiger charge is 2.46. The summed E-state index contributed by atoms with van der Waals surface area (Å²) in [5, 5.41) is 3.22. The molecule has 1 saturated carbocycles. The Balaban J connectivity index is 1.49. The Hall–Kier alpha value is -1.83. The van der Waals surface area contributed by atoms with E-state index in [0.717, 1.165) is 37.9 Å². The highest BCUT2D eigenvalue weighted by Crippen LogP contribution is 2.35. The zero-order chi connectivity index (χ0) is 19.6. The van der Waals surface area contributed by atoms with Gasteiger partial charge < -0.3 is 10.1 Å². The summed E-state index contributed by atoms with van der Waals surface area (Å²) in [4.78, 5) is 19.9. The zero-order valence-electron chi connectivity index (χ0n) is 16.1. The molecule has 4 rings (SSSR count). The summed E-state index contributed by atoms with van der Waals surface area (Å²) in [6.07, 6.45) is 3.97. The molecule has 1 N–H and O–H groups in total. The highest BCUT2D eigenvalue weighted by molar-refractivity contribution is 7.11. The van der Waals surface area contributed by atoms with Gasteiger partial charge in [0.15, 0.2) is 0 Å². The number of nitrogens with zero attached hydrogens (tertiary/aromatic N) is 2. The van der Waals surface area contributed by atoms with Crippen molar-refractivity contribution in [1.82, 2.24) is 15.2 Å². The van der Waals surface area contributed by atoms with Crippen LogP contribution in [-0.2, 0) is 11.3 Å². The van der Waals surface area contributed by atoms with Crippen LogP contribution in [0.1, 0.15) is 46.6 Å². The van der Waals surface area contributed by atoms with Crippen molar-refractivity contribution in [2.75, 3.05) is 19.7 Å². The van der Waals surface area contributed by atoms with E-state index in [1.54, 1.807) is 11.6 Å². The number of carbonyl (C=O) groups excluding carboxylic acids is 1. The van der Waals surface area contributed by atoms with Crippen LogP contribution in [0.25, 0.3) is 0 Å². The fraction of sp³-hybridized carbons (Fsp3) is 0.524. The second kappa shape index (κ2) is 8.27. The van der Waals surface area contributed by atoms with Gasteiger partial charge in [-0.25, -0.2) is 9.37 Å². The van der Waals surface area contributed by atoms with Crippen LogP contribution in [0.2, 0.25) is 0 Å². The zero-order valence-corrected chi connectivity index (χ0v) is 16.9. The molecule has 1 saturated heterocycles. The lowest BCUT2D eigenvalue weighted by Crippen LogP contribution is -2.63. The van der Waals surface area contributed by atoms with Gasteiger partial charge in [-0.1, -0.05) is 31.0 Å². The number of halogens is 1. The third-order valence-electron chi connectivity index (χ3n) is 5.87. The first kappa shape index (κ1) is 19.5. The highest BCUT2D eigenvalue weighted by atomic mass is 32.1. The molecule has 1 aliphatic heterocycles. The maximum Gasteiger partial charge on any atom is 0.263 e. The van der Waals surface area contributed by atoms with E-state index in [4.69, 9.17) is 4.74 Å². The third kappa shape index (κ3) is 3.97. The minimum absolute atomic E-state index is 0.0429. The number of aromatic nitrogens is 1. The number of nitrogens with one attached hydrogen (secondary N) is 1. The average Bonchev–Trinajstić information content (AvgIpc) is 3.12. The molecule has 5 nitrogen and oxygen atoms in total. The van der Waals surface area contributed by atoms with Crippen molar-refractivity contribution < 1.29 is 13.9 Å². The largest absolute Gasteiger partial charge is 0.370 e. The second-order valence-corrected chi connectivity index (χ2v) is 8.61. The van der Waals surface area contributed by atoms with Crippen LogP contribution in [-0.4, -0.2) is 47.1 Å². The molecule has 1 aromatic heterocycles. The van der Waals surface area contributed by atoms with E-state index in [1.165, 1.54) is 17.4 Å². The monoisotopic (exact) mass is 403 g/mol. The van der Waals surface area contributed by atoms with Crippen molar-refractivity contribution in [3.8, 4) is 0 Å². The first-order valence-corrected chi connectivity index (χ1v) is 10.8. The number of ether oxygens (including phenoxy) is 1. The minimum Gasteiger partial charge on any atom is -0.370 e.